The monoisotopic (exact) mass is 318 g/mol. The van der Waals surface area contributed by atoms with Crippen molar-refractivity contribution >= 4 is 33.4 Å². The minimum atomic E-state index is -0.904. The lowest BCUT2D eigenvalue weighted by Crippen LogP contribution is -2.10. The minimum Gasteiger partial charge on any atom is -0.494 e. The molecule has 7 heteroatoms. The number of fused-ring (bicyclic) bond motifs is 1. The fraction of sp³-hybridized carbons (Fsp3) is 0.462. The molecule has 0 amide bonds. The number of rotatable bonds is 6. The summed E-state index contributed by atoms with van der Waals surface area (Å²) in [6.45, 7) is 0.556. The largest absolute Gasteiger partial charge is 0.494 e. The Labute approximate surface area is 124 Å². The topological polar surface area (TPSA) is 44.1 Å². The first-order valence-corrected chi connectivity index (χ1v) is 8.41. The highest BCUT2D eigenvalue weighted by Crippen LogP contribution is 2.25. The van der Waals surface area contributed by atoms with E-state index >= 15 is 0 Å². The average Bonchev–Trinajstić information content (AvgIpc) is 2.72. The fourth-order valence-electron chi connectivity index (χ4n) is 2.08. The van der Waals surface area contributed by atoms with Crippen LogP contribution in [-0.4, -0.2) is 38.8 Å². The summed E-state index contributed by atoms with van der Waals surface area (Å²) in [7, 11) is 0.519. The highest BCUT2D eigenvalue weighted by Gasteiger charge is 2.14. The molecule has 0 spiro atoms. The second kappa shape index (κ2) is 6.54. The van der Waals surface area contributed by atoms with Crippen molar-refractivity contribution in [3.05, 3.63) is 23.8 Å². The van der Waals surface area contributed by atoms with Gasteiger partial charge < -0.3 is 9.30 Å². The molecule has 4 nitrogen and oxygen atoms in total. The number of alkyl halides is 1. The van der Waals surface area contributed by atoms with Crippen LogP contribution >= 0.6 is 11.6 Å². The number of benzene rings is 1. The van der Waals surface area contributed by atoms with Gasteiger partial charge in [0.15, 0.2) is 11.6 Å². The summed E-state index contributed by atoms with van der Waals surface area (Å²) in [5, 5.41) is 0. The van der Waals surface area contributed by atoms with Gasteiger partial charge in [-0.3, -0.25) is 4.21 Å². The van der Waals surface area contributed by atoms with E-state index in [2.05, 4.69) is 4.98 Å². The summed E-state index contributed by atoms with van der Waals surface area (Å²) >= 11 is 5.78. The third kappa shape index (κ3) is 3.12. The predicted octanol–water partition coefficient (Wildman–Crippen LogP) is 2.34. The van der Waals surface area contributed by atoms with E-state index in [9.17, 15) is 8.60 Å². The Kier molecular flexibility index (Phi) is 4.99. The number of hydrogen-bond acceptors (Lipinski definition) is 3. The molecule has 1 aromatic heterocycles. The first-order chi connectivity index (χ1) is 9.56. The van der Waals surface area contributed by atoms with Crippen molar-refractivity contribution in [2.45, 2.75) is 13.0 Å². The first kappa shape index (κ1) is 15.3. The number of hydrogen-bond donors (Lipinski definition) is 0. The Morgan fingerprint density at radius 2 is 2.25 bits per heavy atom. The highest BCUT2D eigenvalue weighted by atomic mass is 35.5. The summed E-state index contributed by atoms with van der Waals surface area (Å²) in [5.74, 6) is 1.45. The van der Waals surface area contributed by atoms with Gasteiger partial charge in [-0.05, 0) is 0 Å². The lowest BCUT2D eigenvalue weighted by molar-refractivity contribution is 0.387. The van der Waals surface area contributed by atoms with E-state index < -0.39 is 16.6 Å². The number of aryl methyl sites for hydroxylation is 2. The zero-order valence-corrected chi connectivity index (χ0v) is 12.9. The predicted molar refractivity (Wildman–Crippen MR) is 79.6 cm³/mol. The summed E-state index contributed by atoms with van der Waals surface area (Å²) in [6.07, 6.45) is 2.23. The summed E-state index contributed by atoms with van der Waals surface area (Å²) in [5.41, 5.74) is 1.33. The van der Waals surface area contributed by atoms with Gasteiger partial charge in [0.2, 0.25) is 0 Å². The number of ether oxygens (including phenoxy) is 1. The SMILES string of the molecule is COc1cc2c(cc1F)nc(CCCl)n2CCS(C)=O. The molecular formula is C13H16ClFN2O2S. The summed E-state index contributed by atoms with van der Waals surface area (Å²) in [6, 6.07) is 2.97. The van der Waals surface area contributed by atoms with Crippen molar-refractivity contribution in [3.63, 3.8) is 0 Å². The van der Waals surface area contributed by atoms with Crippen LogP contribution in [0.4, 0.5) is 4.39 Å². The van der Waals surface area contributed by atoms with E-state index in [1.807, 2.05) is 4.57 Å². The summed E-state index contributed by atoms with van der Waals surface area (Å²) in [4.78, 5) is 4.40. The van der Waals surface area contributed by atoms with Crippen LogP contribution in [-0.2, 0) is 23.8 Å². The third-order valence-electron chi connectivity index (χ3n) is 3.02. The highest BCUT2D eigenvalue weighted by molar-refractivity contribution is 7.84. The number of halogens is 2. The van der Waals surface area contributed by atoms with Gasteiger partial charge in [0.1, 0.15) is 5.82 Å². The lowest BCUT2D eigenvalue weighted by Gasteiger charge is -2.08. The van der Waals surface area contributed by atoms with Gasteiger partial charge in [-0.2, -0.15) is 0 Å². The van der Waals surface area contributed by atoms with E-state index in [0.29, 0.717) is 30.1 Å². The van der Waals surface area contributed by atoms with E-state index in [-0.39, 0.29) is 5.75 Å². The molecule has 1 unspecified atom stereocenters. The van der Waals surface area contributed by atoms with Crippen molar-refractivity contribution in [2.75, 3.05) is 25.0 Å². The Morgan fingerprint density at radius 3 is 2.85 bits per heavy atom. The second-order valence-electron chi connectivity index (χ2n) is 4.37. The molecule has 0 aliphatic rings. The number of aromatic nitrogens is 2. The number of nitrogens with zero attached hydrogens (tertiary/aromatic N) is 2. The Bertz CT molecular complexity index is 645. The first-order valence-electron chi connectivity index (χ1n) is 6.15. The van der Waals surface area contributed by atoms with Gasteiger partial charge in [-0.1, -0.05) is 0 Å². The third-order valence-corrected chi connectivity index (χ3v) is 3.97. The van der Waals surface area contributed by atoms with Gasteiger partial charge in [0, 0.05) is 53.8 Å². The fourth-order valence-corrected chi connectivity index (χ4v) is 2.69. The molecule has 0 bridgehead atoms. The van der Waals surface area contributed by atoms with Crippen molar-refractivity contribution in [2.24, 2.45) is 0 Å². The summed E-state index contributed by atoms with van der Waals surface area (Å²) < 4.78 is 31.9. The molecule has 0 N–H and O–H groups in total. The molecule has 2 aromatic rings. The van der Waals surface area contributed by atoms with Gasteiger partial charge in [0.25, 0.3) is 0 Å². The maximum absolute atomic E-state index is 13.7. The van der Waals surface area contributed by atoms with Crippen LogP contribution in [0.3, 0.4) is 0 Å². The van der Waals surface area contributed by atoms with Gasteiger partial charge in [0.05, 0.1) is 18.1 Å². The molecule has 0 aliphatic carbocycles. The molecule has 0 saturated carbocycles. The van der Waals surface area contributed by atoms with Gasteiger partial charge >= 0.3 is 0 Å². The van der Waals surface area contributed by atoms with Crippen molar-refractivity contribution < 1.29 is 13.3 Å². The van der Waals surface area contributed by atoms with Crippen LogP contribution in [0.15, 0.2) is 12.1 Å². The zero-order chi connectivity index (χ0) is 14.7. The lowest BCUT2D eigenvalue weighted by atomic mass is 10.3. The number of imidazole rings is 1. The van der Waals surface area contributed by atoms with E-state index in [0.717, 1.165) is 11.3 Å². The standard InChI is InChI=1S/C13H16ClFN2O2S/c1-19-12-8-11-10(7-9(12)15)16-13(3-4-14)17(11)5-6-20(2)18/h7-8H,3-6H2,1-2H3. The van der Waals surface area contributed by atoms with Gasteiger partial charge in [-0.25, -0.2) is 9.37 Å². The minimum absolute atomic E-state index is 0.175. The van der Waals surface area contributed by atoms with Crippen LogP contribution in [0, 0.1) is 5.82 Å². The van der Waals surface area contributed by atoms with Crippen molar-refractivity contribution in [1.82, 2.24) is 9.55 Å². The Balaban J connectivity index is 2.53. The quantitative estimate of drug-likeness (QED) is 0.768. The van der Waals surface area contributed by atoms with E-state index in [1.54, 1.807) is 12.3 Å². The van der Waals surface area contributed by atoms with Crippen LogP contribution in [0.2, 0.25) is 0 Å². The molecule has 1 heterocycles. The smallest absolute Gasteiger partial charge is 0.167 e. The molecule has 0 radical (unpaired) electrons. The van der Waals surface area contributed by atoms with E-state index in [4.69, 9.17) is 16.3 Å². The van der Waals surface area contributed by atoms with Crippen LogP contribution < -0.4 is 4.74 Å². The molecule has 1 aromatic carbocycles. The molecule has 0 saturated heterocycles. The Hall–Kier alpha value is -1.14. The molecule has 110 valence electrons. The van der Waals surface area contributed by atoms with Crippen molar-refractivity contribution in [1.29, 1.82) is 0 Å². The second-order valence-corrected chi connectivity index (χ2v) is 6.30. The molecule has 0 aliphatic heterocycles. The maximum Gasteiger partial charge on any atom is 0.167 e. The normalized spacial score (nSPS) is 12.8. The molecule has 2 rings (SSSR count). The van der Waals surface area contributed by atoms with Crippen LogP contribution in [0.1, 0.15) is 5.82 Å². The number of methoxy groups -OCH3 is 1. The van der Waals surface area contributed by atoms with Crippen LogP contribution in [0.25, 0.3) is 11.0 Å². The van der Waals surface area contributed by atoms with Gasteiger partial charge in [-0.15, -0.1) is 11.6 Å². The maximum atomic E-state index is 13.7. The molecular weight excluding hydrogens is 303 g/mol. The molecule has 0 fully saturated rings. The average molecular weight is 319 g/mol. The van der Waals surface area contributed by atoms with E-state index in [1.165, 1.54) is 13.2 Å². The van der Waals surface area contributed by atoms with Crippen LogP contribution in [0.5, 0.6) is 5.75 Å². The Morgan fingerprint density at radius 1 is 1.50 bits per heavy atom. The zero-order valence-electron chi connectivity index (χ0n) is 11.4. The molecule has 1 atom stereocenters. The molecule has 20 heavy (non-hydrogen) atoms. The van der Waals surface area contributed by atoms with Crippen molar-refractivity contribution in [3.8, 4) is 5.75 Å².